The van der Waals surface area contributed by atoms with Gasteiger partial charge in [0, 0.05) is 24.3 Å². The normalized spacial score (nSPS) is 11.3. The number of ether oxygens (including phenoxy) is 1. The molecular formula is C10H15N3OS. The van der Waals surface area contributed by atoms with Gasteiger partial charge < -0.3 is 10.1 Å². The van der Waals surface area contributed by atoms with E-state index in [2.05, 4.69) is 17.2 Å². The predicted octanol–water partition coefficient (Wildman–Crippen LogP) is 1.52. The summed E-state index contributed by atoms with van der Waals surface area (Å²) >= 11 is 1.64. The molecule has 0 fully saturated rings. The summed E-state index contributed by atoms with van der Waals surface area (Å²) in [5, 5.41) is 5.23. The molecule has 82 valence electrons. The zero-order chi connectivity index (χ0) is 10.5. The highest BCUT2D eigenvalue weighted by Crippen LogP contribution is 2.11. The molecule has 0 aliphatic carbocycles. The van der Waals surface area contributed by atoms with Gasteiger partial charge in [-0.25, -0.2) is 4.98 Å². The molecule has 2 aromatic rings. The number of fused-ring (bicyclic) bond motifs is 1. The van der Waals surface area contributed by atoms with Crippen molar-refractivity contribution in [3.8, 4) is 0 Å². The number of hydrogen-bond donors (Lipinski definition) is 1. The van der Waals surface area contributed by atoms with E-state index in [0.29, 0.717) is 6.61 Å². The Morgan fingerprint density at radius 1 is 1.60 bits per heavy atom. The molecule has 0 radical (unpaired) electrons. The van der Waals surface area contributed by atoms with Crippen molar-refractivity contribution in [3.63, 3.8) is 0 Å². The Kier molecular flexibility index (Phi) is 3.71. The molecule has 0 unspecified atom stereocenters. The molecule has 0 aliphatic heterocycles. The fraction of sp³-hybridized carbons (Fsp3) is 0.500. The zero-order valence-electron chi connectivity index (χ0n) is 8.77. The van der Waals surface area contributed by atoms with Crippen LogP contribution in [0.3, 0.4) is 0 Å². The molecule has 0 saturated heterocycles. The summed E-state index contributed by atoms with van der Waals surface area (Å²) in [6.45, 7) is 5.31. The first kappa shape index (κ1) is 10.6. The quantitative estimate of drug-likeness (QED) is 0.758. The average Bonchev–Trinajstić information content (AvgIpc) is 2.77. The number of thiazole rings is 1. The van der Waals surface area contributed by atoms with E-state index in [0.717, 1.165) is 30.4 Å². The van der Waals surface area contributed by atoms with Crippen molar-refractivity contribution in [2.24, 2.45) is 0 Å². The van der Waals surface area contributed by atoms with Crippen LogP contribution in [-0.2, 0) is 11.3 Å². The van der Waals surface area contributed by atoms with Gasteiger partial charge in [-0.3, -0.25) is 4.40 Å². The maximum atomic E-state index is 5.49. The van der Waals surface area contributed by atoms with Crippen molar-refractivity contribution in [1.82, 2.24) is 14.7 Å². The van der Waals surface area contributed by atoms with E-state index in [-0.39, 0.29) is 0 Å². The van der Waals surface area contributed by atoms with Gasteiger partial charge in [0.15, 0.2) is 4.96 Å². The number of nitrogens with zero attached hydrogens (tertiary/aromatic N) is 2. The van der Waals surface area contributed by atoms with Crippen LogP contribution in [0.4, 0.5) is 0 Å². The van der Waals surface area contributed by atoms with E-state index in [1.807, 2.05) is 22.2 Å². The van der Waals surface area contributed by atoms with Crippen LogP contribution in [-0.4, -0.2) is 29.1 Å². The molecule has 2 aromatic heterocycles. The molecule has 0 atom stereocenters. The van der Waals surface area contributed by atoms with Crippen molar-refractivity contribution in [2.45, 2.75) is 13.5 Å². The van der Waals surface area contributed by atoms with Crippen molar-refractivity contribution < 1.29 is 4.74 Å². The molecule has 0 aliphatic rings. The fourth-order valence-corrected chi connectivity index (χ4v) is 2.06. The standard InChI is InChI=1S/C10H15N3OS/c1-2-11-3-5-14-8-9-7-13-4-6-15-10(13)12-9/h4,6-7,11H,2-3,5,8H2,1H3. The van der Waals surface area contributed by atoms with E-state index >= 15 is 0 Å². The number of imidazole rings is 1. The van der Waals surface area contributed by atoms with Gasteiger partial charge in [-0.2, -0.15) is 0 Å². The Morgan fingerprint density at radius 2 is 2.53 bits per heavy atom. The molecule has 0 amide bonds. The zero-order valence-corrected chi connectivity index (χ0v) is 9.59. The summed E-state index contributed by atoms with van der Waals surface area (Å²) in [4.78, 5) is 5.45. The van der Waals surface area contributed by atoms with Gasteiger partial charge in [-0.05, 0) is 6.54 Å². The molecular weight excluding hydrogens is 210 g/mol. The Morgan fingerprint density at radius 3 is 3.33 bits per heavy atom. The van der Waals surface area contributed by atoms with Gasteiger partial charge in [0.05, 0.1) is 18.9 Å². The summed E-state index contributed by atoms with van der Waals surface area (Å²) in [6, 6.07) is 0. The number of nitrogens with one attached hydrogen (secondary N) is 1. The Balaban J connectivity index is 1.77. The Bertz CT molecular complexity index is 381. The molecule has 0 spiro atoms. The first-order valence-corrected chi connectivity index (χ1v) is 5.97. The lowest BCUT2D eigenvalue weighted by atomic mass is 10.5. The van der Waals surface area contributed by atoms with Crippen LogP contribution in [0, 0.1) is 0 Å². The summed E-state index contributed by atoms with van der Waals surface area (Å²) in [5.74, 6) is 0. The SMILES string of the molecule is CCNCCOCc1cn2ccsc2n1. The largest absolute Gasteiger partial charge is 0.374 e. The van der Waals surface area contributed by atoms with Crippen LogP contribution in [0.25, 0.3) is 4.96 Å². The number of aromatic nitrogens is 2. The average molecular weight is 225 g/mol. The summed E-state index contributed by atoms with van der Waals surface area (Å²) in [6.07, 6.45) is 4.02. The minimum atomic E-state index is 0.597. The molecule has 1 N–H and O–H groups in total. The summed E-state index contributed by atoms with van der Waals surface area (Å²) in [7, 11) is 0. The van der Waals surface area contributed by atoms with Crippen molar-refractivity contribution in [1.29, 1.82) is 0 Å². The first-order valence-electron chi connectivity index (χ1n) is 5.09. The van der Waals surface area contributed by atoms with E-state index in [1.165, 1.54) is 0 Å². The minimum Gasteiger partial charge on any atom is -0.374 e. The van der Waals surface area contributed by atoms with Crippen LogP contribution in [0.1, 0.15) is 12.6 Å². The summed E-state index contributed by atoms with van der Waals surface area (Å²) < 4.78 is 7.51. The molecule has 2 heterocycles. The fourth-order valence-electron chi connectivity index (χ4n) is 1.34. The molecule has 0 saturated carbocycles. The van der Waals surface area contributed by atoms with Gasteiger partial charge in [0.1, 0.15) is 0 Å². The van der Waals surface area contributed by atoms with Gasteiger partial charge in [0.2, 0.25) is 0 Å². The number of likely N-dealkylation sites (N-methyl/N-ethyl adjacent to an activating group) is 1. The van der Waals surface area contributed by atoms with Crippen molar-refractivity contribution in [3.05, 3.63) is 23.5 Å². The highest BCUT2D eigenvalue weighted by Gasteiger charge is 2.01. The molecule has 4 nitrogen and oxygen atoms in total. The highest BCUT2D eigenvalue weighted by molar-refractivity contribution is 7.15. The smallest absolute Gasteiger partial charge is 0.193 e. The third kappa shape index (κ3) is 2.77. The lowest BCUT2D eigenvalue weighted by molar-refractivity contribution is 0.121. The third-order valence-electron chi connectivity index (χ3n) is 2.07. The molecule has 2 rings (SSSR count). The molecule has 5 heteroatoms. The van der Waals surface area contributed by atoms with Crippen LogP contribution in [0.15, 0.2) is 17.8 Å². The van der Waals surface area contributed by atoms with Gasteiger partial charge in [-0.15, -0.1) is 11.3 Å². The third-order valence-corrected chi connectivity index (χ3v) is 2.84. The minimum absolute atomic E-state index is 0.597. The predicted molar refractivity (Wildman–Crippen MR) is 61.3 cm³/mol. The Labute approximate surface area is 92.9 Å². The second-order valence-electron chi connectivity index (χ2n) is 3.23. The van der Waals surface area contributed by atoms with Crippen LogP contribution in [0.5, 0.6) is 0 Å². The highest BCUT2D eigenvalue weighted by atomic mass is 32.1. The first-order chi connectivity index (χ1) is 7.40. The van der Waals surface area contributed by atoms with E-state index in [9.17, 15) is 0 Å². The maximum Gasteiger partial charge on any atom is 0.193 e. The number of rotatable bonds is 6. The molecule has 0 aromatic carbocycles. The number of hydrogen-bond acceptors (Lipinski definition) is 4. The van der Waals surface area contributed by atoms with E-state index in [1.54, 1.807) is 11.3 Å². The van der Waals surface area contributed by atoms with Gasteiger partial charge in [0.25, 0.3) is 0 Å². The lowest BCUT2D eigenvalue weighted by Gasteiger charge is -2.01. The van der Waals surface area contributed by atoms with E-state index < -0.39 is 0 Å². The van der Waals surface area contributed by atoms with Gasteiger partial charge >= 0.3 is 0 Å². The van der Waals surface area contributed by atoms with Crippen LogP contribution in [0.2, 0.25) is 0 Å². The lowest BCUT2D eigenvalue weighted by Crippen LogP contribution is -2.18. The van der Waals surface area contributed by atoms with Crippen molar-refractivity contribution in [2.75, 3.05) is 19.7 Å². The van der Waals surface area contributed by atoms with E-state index in [4.69, 9.17) is 4.74 Å². The van der Waals surface area contributed by atoms with Gasteiger partial charge in [-0.1, -0.05) is 6.92 Å². The monoisotopic (exact) mass is 225 g/mol. The maximum absolute atomic E-state index is 5.49. The topological polar surface area (TPSA) is 38.6 Å². The van der Waals surface area contributed by atoms with Crippen molar-refractivity contribution >= 4 is 16.3 Å². The second kappa shape index (κ2) is 5.25. The molecule has 0 bridgehead atoms. The van der Waals surface area contributed by atoms with Crippen LogP contribution >= 0.6 is 11.3 Å². The second-order valence-corrected chi connectivity index (χ2v) is 4.10. The van der Waals surface area contributed by atoms with Crippen LogP contribution < -0.4 is 5.32 Å². The summed E-state index contributed by atoms with van der Waals surface area (Å²) in [5.41, 5.74) is 0.998. The molecule has 15 heavy (non-hydrogen) atoms. The Hall–Kier alpha value is -0.910.